The first kappa shape index (κ1) is 24.3. The zero-order chi connectivity index (χ0) is 25.1. The van der Waals surface area contributed by atoms with Crippen LogP contribution in [0.25, 0.3) is 0 Å². The van der Waals surface area contributed by atoms with Crippen LogP contribution >= 0.6 is 0 Å². The summed E-state index contributed by atoms with van der Waals surface area (Å²) in [6.45, 7) is 0.855. The number of nitrogens with two attached hydrogens (primary N) is 1. The van der Waals surface area contributed by atoms with Crippen LogP contribution in [0.2, 0.25) is 0 Å². The Morgan fingerprint density at radius 1 is 1.09 bits per heavy atom. The minimum atomic E-state index is -0.681. The Kier molecular flexibility index (Phi) is 7.07. The van der Waals surface area contributed by atoms with Crippen LogP contribution in [-0.2, 0) is 13.6 Å². The number of Topliss-reactive ketones (excluding diaryl/α,β-unsaturated/α-hetero) is 1. The molecule has 3 aromatic rings. The summed E-state index contributed by atoms with van der Waals surface area (Å²) in [5, 5.41) is 0. The number of aromatic nitrogens is 2. The van der Waals surface area contributed by atoms with Crippen molar-refractivity contribution in [1.82, 2.24) is 14.0 Å². The second kappa shape index (κ2) is 10.2. The van der Waals surface area contributed by atoms with E-state index in [0.29, 0.717) is 18.0 Å². The third-order valence-electron chi connectivity index (χ3n) is 6.56. The van der Waals surface area contributed by atoms with E-state index in [9.17, 15) is 14.4 Å². The Morgan fingerprint density at radius 3 is 2.51 bits per heavy atom. The van der Waals surface area contributed by atoms with E-state index < -0.39 is 17.0 Å². The number of ether oxygens (including phenoxy) is 2. The Morgan fingerprint density at radius 2 is 1.83 bits per heavy atom. The zero-order valence-corrected chi connectivity index (χ0v) is 20.2. The summed E-state index contributed by atoms with van der Waals surface area (Å²) >= 11 is 0. The number of hydrogen-bond acceptors (Lipinski definition) is 7. The largest absolute Gasteiger partial charge is 0.497 e. The number of hydrogen-bond donors (Lipinski definition) is 1. The number of benzene rings is 2. The Labute approximate surface area is 203 Å². The average molecular weight is 479 g/mol. The molecule has 1 aliphatic rings. The fraction of sp³-hybridized carbons (Fsp3) is 0.346. The summed E-state index contributed by atoms with van der Waals surface area (Å²) in [4.78, 5) is 41.2. The zero-order valence-electron chi connectivity index (χ0n) is 20.2. The molecule has 0 spiro atoms. The molecule has 35 heavy (non-hydrogen) atoms. The van der Waals surface area contributed by atoms with Gasteiger partial charge in [0, 0.05) is 24.7 Å². The molecule has 1 aromatic heterocycles. The standard InChI is InChI=1S/C26H30N4O5/c1-28-25(32)23(24(27)30(26(28)33)15-17-8-5-4-6-9-17)21(31)16-29-13-7-10-20(29)19-12-11-18(34-2)14-22(19)35-3/h4-6,8-9,11-12,14,20H,7,10,13,15-16,27H2,1-3H3. The number of rotatable bonds is 8. The number of ketones is 1. The number of nitrogens with zero attached hydrogens (tertiary/aromatic N) is 3. The fourth-order valence-electron chi connectivity index (χ4n) is 4.69. The van der Waals surface area contributed by atoms with Gasteiger partial charge >= 0.3 is 5.69 Å². The van der Waals surface area contributed by atoms with E-state index in [1.807, 2.05) is 53.4 Å². The van der Waals surface area contributed by atoms with Gasteiger partial charge in [0.25, 0.3) is 5.56 Å². The summed E-state index contributed by atoms with van der Waals surface area (Å²) in [6, 6.07) is 14.9. The molecule has 184 valence electrons. The molecule has 0 saturated carbocycles. The van der Waals surface area contributed by atoms with Crippen molar-refractivity contribution in [2.45, 2.75) is 25.4 Å². The van der Waals surface area contributed by atoms with Crippen LogP contribution in [0.3, 0.4) is 0 Å². The highest BCUT2D eigenvalue weighted by Gasteiger charge is 2.32. The van der Waals surface area contributed by atoms with Gasteiger partial charge in [-0.2, -0.15) is 0 Å². The van der Waals surface area contributed by atoms with E-state index in [2.05, 4.69) is 0 Å². The molecule has 1 atom stereocenters. The molecule has 0 amide bonds. The van der Waals surface area contributed by atoms with E-state index in [1.54, 1.807) is 14.2 Å². The highest BCUT2D eigenvalue weighted by atomic mass is 16.5. The van der Waals surface area contributed by atoms with Crippen molar-refractivity contribution < 1.29 is 14.3 Å². The van der Waals surface area contributed by atoms with Crippen LogP contribution in [0.4, 0.5) is 5.82 Å². The minimum absolute atomic E-state index is 0.00281. The highest BCUT2D eigenvalue weighted by Crippen LogP contribution is 2.38. The molecule has 2 N–H and O–H groups in total. The number of likely N-dealkylation sites (tertiary alicyclic amines) is 1. The molecule has 1 saturated heterocycles. The summed E-state index contributed by atoms with van der Waals surface area (Å²) in [5.74, 6) is 0.845. The summed E-state index contributed by atoms with van der Waals surface area (Å²) in [7, 11) is 4.56. The van der Waals surface area contributed by atoms with Crippen molar-refractivity contribution in [3.8, 4) is 11.5 Å². The third kappa shape index (κ3) is 4.72. The maximum absolute atomic E-state index is 13.4. The van der Waals surface area contributed by atoms with Crippen LogP contribution in [0, 0.1) is 0 Å². The van der Waals surface area contributed by atoms with Crippen molar-refractivity contribution in [2.75, 3.05) is 33.0 Å². The number of methoxy groups -OCH3 is 2. The van der Waals surface area contributed by atoms with Gasteiger partial charge in [-0.15, -0.1) is 0 Å². The van der Waals surface area contributed by atoms with Crippen molar-refractivity contribution in [2.24, 2.45) is 7.05 Å². The Hall–Kier alpha value is -3.85. The number of anilines is 1. The average Bonchev–Trinajstić information content (AvgIpc) is 3.33. The molecule has 0 radical (unpaired) electrons. The molecule has 1 unspecified atom stereocenters. The van der Waals surface area contributed by atoms with Gasteiger partial charge < -0.3 is 15.2 Å². The van der Waals surface area contributed by atoms with Gasteiger partial charge in [-0.1, -0.05) is 36.4 Å². The normalized spacial score (nSPS) is 15.8. The molecule has 1 fully saturated rings. The fourth-order valence-corrected chi connectivity index (χ4v) is 4.69. The topological polar surface area (TPSA) is 109 Å². The van der Waals surface area contributed by atoms with Gasteiger partial charge in [-0.05, 0) is 31.0 Å². The molecule has 2 heterocycles. The second-order valence-electron chi connectivity index (χ2n) is 8.64. The van der Waals surface area contributed by atoms with Crippen LogP contribution < -0.4 is 26.5 Å². The summed E-state index contributed by atoms with van der Waals surface area (Å²) in [6.07, 6.45) is 1.74. The SMILES string of the molecule is COc1ccc(C2CCCN2CC(=O)c2c(N)n(Cc3ccccc3)c(=O)n(C)c2=O)c(OC)c1. The lowest BCUT2D eigenvalue weighted by Gasteiger charge is -2.26. The Balaban J connectivity index is 1.66. The monoisotopic (exact) mass is 478 g/mol. The highest BCUT2D eigenvalue weighted by molar-refractivity contribution is 6.01. The predicted octanol–water partition coefficient (Wildman–Crippen LogP) is 2.21. The van der Waals surface area contributed by atoms with E-state index in [0.717, 1.165) is 28.5 Å². The predicted molar refractivity (Wildman–Crippen MR) is 133 cm³/mol. The molecule has 1 aliphatic heterocycles. The van der Waals surface area contributed by atoms with Gasteiger partial charge in [0.05, 0.1) is 27.3 Å². The van der Waals surface area contributed by atoms with Gasteiger partial charge in [0.15, 0.2) is 5.78 Å². The first-order valence-corrected chi connectivity index (χ1v) is 11.5. The number of carbonyl (C=O) groups excluding carboxylic acids is 1. The molecule has 0 aliphatic carbocycles. The minimum Gasteiger partial charge on any atom is -0.497 e. The molecule has 9 heteroatoms. The lowest BCUT2D eigenvalue weighted by Crippen LogP contribution is -2.44. The molecule has 0 bridgehead atoms. The molecule has 9 nitrogen and oxygen atoms in total. The molecule has 4 rings (SSSR count). The Bertz CT molecular complexity index is 1350. The van der Waals surface area contributed by atoms with Crippen molar-refractivity contribution in [3.05, 3.63) is 86.1 Å². The summed E-state index contributed by atoms with van der Waals surface area (Å²) < 4.78 is 13.1. The van der Waals surface area contributed by atoms with Gasteiger partial charge in [-0.3, -0.25) is 23.6 Å². The first-order chi connectivity index (χ1) is 16.8. The molecular weight excluding hydrogens is 448 g/mol. The van der Waals surface area contributed by atoms with Crippen LogP contribution in [0.15, 0.2) is 58.1 Å². The maximum atomic E-state index is 13.4. The van der Waals surface area contributed by atoms with Crippen LogP contribution in [-0.4, -0.2) is 47.1 Å². The second-order valence-corrected chi connectivity index (χ2v) is 8.64. The molecular formula is C26H30N4O5. The van der Waals surface area contributed by atoms with Gasteiger partial charge in [0.2, 0.25) is 0 Å². The maximum Gasteiger partial charge on any atom is 0.332 e. The van der Waals surface area contributed by atoms with Crippen molar-refractivity contribution in [1.29, 1.82) is 0 Å². The third-order valence-corrected chi connectivity index (χ3v) is 6.56. The van der Waals surface area contributed by atoms with E-state index >= 15 is 0 Å². The van der Waals surface area contributed by atoms with Gasteiger partial charge in [0.1, 0.15) is 22.9 Å². The smallest absolute Gasteiger partial charge is 0.332 e. The van der Waals surface area contributed by atoms with Gasteiger partial charge in [-0.25, -0.2) is 4.79 Å². The van der Waals surface area contributed by atoms with Crippen molar-refractivity contribution >= 4 is 11.6 Å². The van der Waals surface area contributed by atoms with Crippen LogP contribution in [0.1, 0.15) is 40.4 Å². The first-order valence-electron chi connectivity index (χ1n) is 11.5. The lowest BCUT2D eigenvalue weighted by molar-refractivity contribution is 0.0918. The molecule has 2 aromatic carbocycles. The van der Waals surface area contributed by atoms with E-state index in [1.165, 1.54) is 11.6 Å². The quantitative estimate of drug-likeness (QED) is 0.495. The van der Waals surface area contributed by atoms with E-state index in [4.69, 9.17) is 15.2 Å². The number of nitrogen functional groups attached to an aromatic ring is 1. The van der Waals surface area contributed by atoms with E-state index in [-0.39, 0.29) is 30.5 Å². The van der Waals surface area contributed by atoms with Crippen molar-refractivity contribution in [3.63, 3.8) is 0 Å². The number of carbonyl (C=O) groups is 1. The lowest BCUT2D eigenvalue weighted by atomic mass is 10.0. The van der Waals surface area contributed by atoms with Crippen LogP contribution in [0.5, 0.6) is 11.5 Å². The summed E-state index contributed by atoms with van der Waals surface area (Å²) in [5.41, 5.74) is 6.67.